The van der Waals surface area contributed by atoms with Gasteiger partial charge in [-0.2, -0.15) is 0 Å². The van der Waals surface area contributed by atoms with Crippen LogP contribution in [0.15, 0.2) is 11.8 Å². The summed E-state index contributed by atoms with van der Waals surface area (Å²) in [6, 6.07) is 0. The van der Waals surface area contributed by atoms with Crippen LogP contribution in [0.3, 0.4) is 0 Å². The van der Waals surface area contributed by atoms with Gasteiger partial charge in [0.1, 0.15) is 7.80 Å². The van der Waals surface area contributed by atoms with Crippen LogP contribution >= 0.6 is 7.80 Å². The normalized spacial score (nSPS) is 15.6. The molecule has 0 aliphatic heterocycles. The summed E-state index contributed by atoms with van der Waals surface area (Å²) < 4.78 is 10.6. The molecule has 0 saturated heterocycles. The van der Waals surface area contributed by atoms with Crippen LogP contribution in [-0.4, -0.2) is 17.6 Å². The Labute approximate surface area is 55.3 Å². The highest BCUT2D eigenvalue weighted by Crippen LogP contribution is 2.17. The van der Waals surface area contributed by atoms with E-state index in [0.717, 1.165) is 0 Å². The van der Waals surface area contributed by atoms with Gasteiger partial charge in [-0.1, -0.05) is 6.08 Å². The summed E-state index contributed by atoms with van der Waals surface area (Å²) in [4.78, 5) is 0. The van der Waals surface area contributed by atoms with Crippen molar-refractivity contribution in [2.75, 3.05) is 12.5 Å². The molecule has 0 radical (unpaired) electrons. The van der Waals surface area contributed by atoms with Gasteiger partial charge in [0, 0.05) is 11.9 Å². The summed E-state index contributed by atoms with van der Waals surface area (Å²) >= 11 is 0. The van der Waals surface area contributed by atoms with Gasteiger partial charge in [-0.3, -0.25) is 0 Å². The lowest BCUT2D eigenvalue weighted by molar-refractivity contribution is 0.363. The van der Waals surface area contributed by atoms with Gasteiger partial charge in [-0.05, 0) is 6.92 Å². The van der Waals surface area contributed by atoms with E-state index in [9.17, 15) is 4.57 Å². The van der Waals surface area contributed by atoms with Crippen LogP contribution in [0.2, 0.25) is 0 Å². The van der Waals surface area contributed by atoms with Crippen molar-refractivity contribution in [2.24, 2.45) is 5.73 Å². The van der Waals surface area contributed by atoms with Crippen LogP contribution in [0, 0.1) is 0 Å². The molecule has 0 rings (SSSR count). The number of nitrogens with two attached hydrogens (primary N) is 1. The Morgan fingerprint density at radius 2 is 2.44 bits per heavy atom. The molecular weight excluding hydrogens is 137 g/mol. The first kappa shape index (κ1) is 8.73. The first-order valence-electron chi connectivity index (χ1n) is 2.71. The highest BCUT2D eigenvalue weighted by molar-refractivity contribution is 7.44. The van der Waals surface area contributed by atoms with Crippen LogP contribution in [-0.2, 0) is 4.57 Å². The fourth-order valence-corrected chi connectivity index (χ4v) is 1.02. The fourth-order valence-electron chi connectivity index (χ4n) is 0.339. The van der Waals surface area contributed by atoms with Gasteiger partial charge in [-0.15, -0.1) is 0 Å². The Balaban J connectivity index is 3.50. The minimum absolute atomic E-state index is 0.214. The Bertz CT molecular complexity index is 129. The smallest absolute Gasteiger partial charge is 0.104 e. The van der Waals surface area contributed by atoms with E-state index >= 15 is 0 Å². The van der Waals surface area contributed by atoms with Crippen LogP contribution in [0.1, 0.15) is 6.92 Å². The molecule has 9 heavy (non-hydrogen) atoms. The molecule has 0 spiro atoms. The average Bonchev–Trinajstić information content (AvgIpc) is 1.83. The van der Waals surface area contributed by atoms with Crippen LogP contribution in [0.25, 0.3) is 0 Å². The predicted molar refractivity (Wildman–Crippen MR) is 38.9 cm³/mol. The highest BCUT2D eigenvalue weighted by atomic mass is 31.1. The predicted octanol–water partition coefficient (Wildman–Crippen LogP) is 0.358. The largest absolute Gasteiger partial charge is 0.403 e. The van der Waals surface area contributed by atoms with E-state index in [4.69, 9.17) is 10.8 Å². The molecule has 0 saturated carbocycles. The van der Waals surface area contributed by atoms with E-state index in [2.05, 4.69) is 0 Å². The molecule has 54 valence electrons. The number of allylic oxidation sites excluding steroid dienone is 2. The molecule has 0 aromatic heterocycles. The molecule has 0 aliphatic rings. The molecule has 0 aromatic rings. The number of rotatable bonds is 3. The summed E-state index contributed by atoms with van der Waals surface area (Å²) in [6.45, 7) is 1.73. The molecule has 0 fully saturated rings. The molecule has 0 bridgehead atoms. The maximum atomic E-state index is 10.6. The second-order valence-corrected chi connectivity index (χ2v) is 3.65. The van der Waals surface area contributed by atoms with Crippen molar-refractivity contribution in [3.05, 3.63) is 11.8 Å². The van der Waals surface area contributed by atoms with E-state index in [1.165, 1.54) is 0 Å². The van der Waals surface area contributed by atoms with Gasteiger partial charge in [0.15, 0.2) is 0 Å². The monoisotopic (exact) mass is 149 g/mol. The number of aliphatic hydroxyl groups is 1. The van der Waals surface area contributed by atoms with Gasteiger partial charge in [0.05, 0.1) is 6.35 Å². The summed E-state index contributed by atoms with van der Waals surface area (Å²) in [5, 5.41) is 8.31. The highest BCUT2D eigenvalue weighted by Gasteiger charge is 1.91. The third kappa shape index (κ3) is 5.60. The van der Waals surface area contributed by atoms with Crippen molar-refractivity contribution in [1.82, 2.24) is 0 Å². The zero-order valence-corrected chi connectivity index (χ0v) is 6.42. The molecule has 0 amide bonds. The maximum absolute atomic E-state index is 10.6. The Kier molecular flexibility index (Phi) is 4.46. The molecule has 0 aromatic carbocycles. The van der Waals surface area contributed by atoms with Gasteiger partial charge in [-0.25, -0.2) is 0 Å². The van der Waals surface area contributed by atoms with Crippen LogP contribution in [0.5, 0.6) is 0 Å². The summed E-state index contributed by atoms with van der Waals surface area (Å²) in [5.74, 6) is 0. The van der Waals surface area contributed by atoms with E-state index in [-0.39, 0.29) is 6.35 Å². The lowest BCUT2D eigenvalue weighted by atomic mass is 10.5. The Morgan fingerprint density at radius 1 is 1.89 bits per heavy atom. The second-order valence-electron chi connectivity index (χ2n) is 1.85. The van der Waals surface area contributed by atoms with Crippen LogP contribution < -0.4 is 5.73 Å². The molecule has 4 heteroatoms. The van der Waals surface area contributed by atoms with Gasteiger partial charge in [0.2, 0.25) is 0 Å². The van der Waals surface area contributed by atoms with Gasteiger partial charge >= 0.3 is 0 Å². The van der Waals surface area contributed by atoms with Gasteiger partial charge in [0.25, 0.3) is 0 Å². The first-order chi connectivity index (χ1) is 4.16. The van der Waals surface area contributed by atoms with Crippen LogP contribution in [0.4, 0.5) is 0 Å². The average molecular weight is 149 g/mol. The van der Waals surface area contributed by atoms with Crippen molar-refractivity contribution in [1.29, 1.82) is 0 Å². The second kappa shape index (κ2) is 4.59. The van der Waals surface area contributed by atoms with Crippen molar-refractivity contribution in [3.8, 4) is 0 Å². The quantitative estimate of drug-likeness (QED) is 0.569. The topological polar surface area (TPSA) is 63.3 Å². The molecule has 0 aliphatic carbocycles. The zero-order chi connectivity index (χ0) is 7.28. The maximum Gasteiger partial charge on any atom is 0.104 e. The molecular formula is C5H12NO2P. The van der Waals surface area contributed by atoms with Crippen molar-refractivity contribution in [3.63, 3.8) is 0 Å². The first-order valence-corrected chi connectivity index (χ1v) is 4.54. The lowest BCUT2D eigenvalue weighted by Crippen LogP contribution is -1.91. The minimum Gasteiger partial charge on any atom is -0.403 e. The standard InChI is InChI=1S/C5H12NO2P/c1-5(6)2-3-9(8)4-7/h2,7,9H,3-4,6H2,1H3. The molecule has 3 nitrogen and oxygen atoms in total. The van der Waals surface area contributed by atoms with E-state index < -0.39 is 7.80 Å². The van der Waals surface area contributed by atoms with E-state index in [1.54, 1.807) is 13.0 Å². The molecule has 1 atom stereocenters. The van der Waals surface area contributed by atoms with Crippen molar-refractivity contribution in [2.45, 2.75) is 6.92 Å². The number of hydrogen-bond acceptors (Lipinski definition) is 3. The Morgan fingerprint density at radius 3 is 2.78 bits per heavy atom. The van der Waals surface area contributed by atoms with E-state index in [0.29, 0.717) is 11.9 Å². The third-order valence-corrected chi connectivity index (χ3v) is 1.84. The van der Waals surface area contributed by atoms with E-state index in [1.807, 2.05) is 0 Å². The summed E-state index contributed by atoms with van der Waals surface area (Å²) in [6.07, 6.45) is 1.87. The Hall–Kier alpha value is -0.270. The summed E-state index contributed by atoms with van der Waals surface area (Å²) in [5.41, 5.74) is 5.91. The third-order valence-electron chi connectivity index (χ3n) is 0.828. The van der Waals surface area contributed by atoms with Crippen molar-refractivity contribution >= 4 is 7.80 Å². The number of aliphatic hydroxyl groups excluding tert-OH is 1. The summed E-state index contributed by atoms with van der Waals surface area (Å²) in [7, 11) is -1.77. The number of hydrogen-bond donors (Lipinski definition) is 2. The van der Waals surface area contributed by atoms with Crippen molar-refractivity contribution < 1.29 is 9.67 Å². The fraction of sp³-hybridized carbons (Fsp3) is 0.600. The molecule has 0 heterocycles. The van der Waals surface area contributed by atoms with Gasteiger partial charge < -0.3 is 15.4 Å². The zero-order valence-electron chi connectivity index (χ0n) is 5.42. The minimum atomic E-state index is -1.77. The molecule has 3 N–H and O–H groups in total. The SMILES string of the molecule is CC(N)=CC[PH](=O)CO. The lowest BCUT2D eigenvalue weighted by Gasteiger charge is -1.91. The molecule has 1 unspecified atom stereocenters.